The number of nitrogens with two attached hydrogens (primary N) is 1. The summed E-state index contributed by atoms with van der Waals surface area (Å²) in [5.74, 6) is 0.462. The second-order valence-electron chi connectivity index (χ2n) is 10.5. The van der Waals surface area contributed by atoms with Gasteiger partial charge in [0.2, 0.25) is 11.8 Å². The van der Waals surface area contributed by atoms with Crippen LogP contribution in [0.4, 0.5) is 11.6 Å². The minimum Gasteiger partial charge on any atom is -0.493 e. The second kappa shape index (κ2) is 10.8. The molecule has 0 radical (unpaired) electrons. The van der Waals surface area contributed by atoms with Crippen molar-refractivity contribution in [3.63, 3.8) is 0 Å². The van der Waals surface area contributed by atoms with E-state index >= 15 is 0 Å². The van der Waals surface area contributed by atoms with Gasteiger partial charge in [0.1, 0.15) is 17.6 Å². The van der Waals surface area contributed by atoms with Crippen LogP contribution in [0.5, 0.6) is 11.6 Å². The maximum Gasteiger partial charge on any atom is 0.255 e. The Hall–Kier alpha value is -3.05. The molecule has 0 unspecified atom stereocenters. The van der Waals surface area contributed by atoms with Crippen LogP contribution in [-0.4, -0.2) is 70.5 Å². The number of nitrogens with one attached hydrogen (secondary N) is 2. The number of likely N-dealkylation sites (tertiary alicyclic amines) is 1. The van der Waals surface area contributed by atoms with Crippen LogP contribution >= 0.6 is 23.2 Å². The van der Waals surface area contributed by atoms with Crippen molar-refractivity contribution in [1.82, 2.24) is 20.2 Å². The molecule has 5 rings (SSSR count). The number of aromatic hydroxyl groups is 1. The quantitative estimate of drug-likeness (QED) is 0.230. The van der Waals surface area contributed by atoms with Gasteiger partial charge in [-0.2, -0.15) is 4.98 Å². The number of amides is 1. The largest absolute Gasteiger partial charge is 0.493 e. The predicted octanol–water partition coefficient (Wildman–Crippen LogP) is 4.22. The van der Waals surface area contributed by atoms with Gasteiger partial charge in [0.25, 0.3) is 5.91 Å². The summed E-state index contributed by atoms with van der Waals surface area (Å²) in [6.45, 7) is 5.98. The van der Waals surface area contributed by atoms with Gasteiger partial charge < -0.3 is 30.9 Å². The van der Waals surface area contributed by atoms with E-state index in [9.17, 15) is 9.90 Å². The standard InChI is InChI=1S/C27H32Cl2N6O4/c1-27(2)13-17-21(30)18(29)12-16(22(17)39-27)24(37)32-19-7-10-35(25(19)38-3)9-4-8-31-26-33-20-11-14(28)5-6-15(20)23(36)34-26/h5-6,11-12,19,25H,4,7-10,13,30H2,1-3H3,(H,32,37)(H2,31,33,34,36)/t19-,25-/m0/s1. The van der Waals surface area contributed by atoms with Crippen molar-refractivity contribution < 1.29 is 19.4 Å². The number of methoxy groups -OCH3 is 1. The lowest BCUT2D eigenvalue weighted by atomic mass is 9.98. The highest BCUT2D eigenvalue weighted by Gasteiger charge is 2.39. The van der Waals surface area contributed by atoms with Crippen LogP contribution in [0.25, 0.3) is 10.9 Å². The van der Waals surface area contributed by atoms with Gasteiger partial charge >= 0.3 is 0 Å². The minimum atomic E-state index is -0.465. The summed E-state index contributed by atoms with van der Waals surface area (Å²) in [5, 5.41) is 17.9. The van der Waals surface area contributed by atoms with E-state index in [0.29, 0.717) is 56.9 Å². The molecule has 0 aliphatic carbocycles. The number of carbonyl (C=O) groups excluding carboxylic acids is 1. The number of hydrogen-bond acceptors (Lipinski definition) is 9. The number of nitrogen functional groups attached to an aromatic ring is 1. The second-order valence-corrected chi connectivity index (χ2v) is 11.4. The van der Waals surface area contributed by atoms with Crippen molar-refractivity contribution in [2.24, 2.45) is 0 Å². The smallest absolute Gasteiger partial charge is 0.255 e. The van der Waals surface area contributed by atoms with Crippen molar-refractivity contribution in [2.75, 3.05) is 37.8 Å². The Kier molecular flexibility index (Phi) is 7.65. The molecule has 2 atom stereocenters. The molecular formula is C27H32Cl2N6O4. The number of benzene rings is 2. The minimum absolute atomic E-state index is 0.0984. The molecule has 39 heavy (non-hydrogen) atoms. The van der Waals surface area contributed by atoms with Gasteiger partial charge in [0.15, 0.2) is 0 Å². The van der Waals surface area contributed by atoms with Crippen LogP contribution in [0, 0.1) is 0 Å². The number of nitrogens with zero attached hydrogens (tertiary/aromatic N) is 3. The molecule has 3 heterocycles. The summed E-state index contributed by atoms with van der Waals surface area (Å²) < 4.78 is 11.9. The van der Waals surface area contributed by atoms with Gasteiger partial charge in [-0.25, -0.2) is 4.98 Å². The normalized spacial score (nSPS) is 20.1. The molecule has 10 nitrogen and oxygen atoms in total. The van der Waals surface area contributed by atoms with Crippen molar-refractivity contribution in [3.8, 4) is 11.6 Å². The van der Waals surface area contributed by atoms with Crippen molar-refractivity contribution >= 4 is 51.6 Å². The van der Waals surface area contributed by atoms with E-state index in [1.165, 1.54) is 0 Å². The molecule has 12 heteroatoms. The van der Waals surface area contributed by atoms with Crippen LogP contribution in [0.1, 0.15) is 42.6 Å². The lowest BCUT2D eigenvalue weighted by Gasteiger charge is -2.27. The zero-order valence-corrected chi connectivity index (χ0v) is 23.6. The maximum absolute atomic E-state index is 13.3. The van der Waals surface area contributed by atoms with Gasteiger partial charge in [-0.15, -0.1) is 0 Å². The van der Waals surface area contributed by atoms with Crippen LogP contribution in [0.2, 0.25) is 10.0 Å². The van der Waals surface area contributed by atoms with Crippen LogP contribution in [0.15, 0.2) is 24.3 Å². The van der Waals surface area contributed by atoms with Gasteiger partial charge in [-0.3, -0.25) is 9.69 Å². The highest BCUT2D eigenvalue weighted by atomic mass is 35.5. The van der Waals surface area contributed by atoms with Crippen LogP contribution < -0.4 is 21.1 Å². The van der Waals surface area contributed by atoms with Gasteiger partial charge in [-0.05, 0) is 51.0 Å². The number of aromatic nitrogens is 2. The Labute approximate surface area is 236 Å². The fourth-order valence-corrected chi connectivity index (χ4v) is 5.71. The first kappa shape index (κ1) is 27.5. The molecule has 1 aromatic heterocycles. The van der Waals surface area contributed by atoms with E-state index in [1.807, 2.05) is 13.8 Å². The Morgan fingerprint density at radius 3 is 2.87 bits per heavy atom. The number of rotatable bonds is 8. The summed E-state index contributed by atoms with van der Waals surface area (Å²) in [4.78, 5) is 24.1. The zero-order chi connectivity index (χ0) is 27.9. The molecule has 3 aromatic rings. The number of ether oxygens (including phenoxy) is 2. The SMILES string of the molecule is CO[C@H]1[C@@H](NC(=O)c2cc(Cl)c(N)c3c2OC(C)(C)C3)CCN1CCCNc1nc(O)c2ccc(Cl)cc2n1. The van der Waals surface area contributed by atoms with Crippen molar-refractivity contribution in [1.29, 1.82) is 0 Å². The molecule has 1 saturated heterocycles. The van der Waals surface area contributed by atoms with E-state index in [2.05, 4.69) is 25.5 Å². The average molecular weight is 575 g/mol. The van der Waals surface area contributed by atoms with Gasteiger partial charge in [-0.1, -0.05) is 23.2 Å². The fourth-order valence-electron chi connectivity index (χ4n) is 5.32. The molecule has 0 saturated carbocycles. The molecular weight excluding hydrogens is 543 g/mol. The van der Waals surface area contributed by atoms with E-state index in [-0.39, 0.29) is 24.1 Å². The Balaban J connectivity index is 1.18. The third-order valence-corrected chi connectivity index (χ3v) is 7.68. The summed E-state index contributed by atoms with van der Waals surface area (Å²) in [6.07, 6.45) is 1.80. The Morgan fingerprint density at radius 2 is 2.10 bits per heavy atom. The summed E-state index contributed by atoms with van der Waals surface area (Å²) in [7, 11) is 1.64. The van der Waals surface area contributed by atoms with Gasteiger partial charge in [0, 0.05) is 43.8 Å². The van der Waals surface area contributed by atoms with Gasteiger partial charge in [0.05, 0.1) is 33.2 Å². The van der Waals surface area contributed by atoms with E-state index in [4.69, 9.17) is 38.4 Å². The molecule has 2 aliphatic heterocycles. The number of hydrogen-bond donors (Lipinski definition) is 4. The molecule has 1 fully saturated rings. The highest BCUT2D eigenvalue weighted by Crippen LogP contribution is 2.44. The molecule has 0 bridgehead atoms. The van der Waals surface area contributed by atoms with E-state index < -0.39 is 5.60 Å². The Bertz CT molecular complexity index is 1420. The third kappa shape index (κ3) is 5.65. The lowest BCUT2D eigenvalue weighted by Crippen LogP contribution is -2.46. The molecule has 2 aromatic carbocycles. The van der Waals surface area contributed by atoms with Crippen LogP contribution in [-0.2, 0) is 11.2 Å². The monoisotopic (exact) mass is 574 g/mol. The molecule has 2 aliphatic rings. The first-order valence-electron chi connectivity index (χ1n) is 12.8. The average Bonchev–Trinajstić information content (AvgIpc) is 3.42. The van der Waals surface area contributed by atoms with Crippen molar-refractivity contribution in [2.45, 2.75) is 51.0 Å². The first-order chi connectivity index (χ1) is 18.6. The predicted molar refractivity (Wildman–Crippen MR) is 152 cm³/mol. The van der Waals surface area contributed by atoms with E-state index in [0.717, 1.165) is 31.5 Å². The van der Waals surface area contributed by atoms with Crippen molar-refractivity contribution in [3.05, 3.63) is 45.4 Å². The van der Waals surface area contributed by atoms with Crippen LogP contribution in [0.3, 0.4) is 0 Å². The molecule has 0 spiro atoms. The van der Waals surface area contributed by atoms with E-state index in [1.54, 1.807) is 31.4 Å². The lowest BCUT2D eigenvalue weighted by molar-refractivity contribution is -0.0182. The molecule has 208 valence electrons. The Morgan fingerprint density at radius 1 is 1.31 bits per heavy atom. The number of halogens is 2. The number of carbonyl (C=O) groups is 1. The molecule has 1 amide bonds. The first-order valence-corrected chi connectivity index (χ1v) is 13.6. The fraction of sp³-hybridized carbons (Fsp3) is 0.444. The maximum atomic E-state index is 13.3. The highest BCUT2D eigenvalue weighted by molar-refractivity contribution is 6.34. The third-order valence-electron chi connectivity index (χ3n) is 7.13. The number of anilines is 2. The summed E-state index contributed by atoms with van der Waals surface area (Å²) in [5.41, 5.74) is 7.89. The number of fused-ring (bicyclic) bond motifs is 2. The summed E-state index contributed by atoms with van der Waals surface area (Å²) >= 11 is 12.4. The topological polar surface area (TPSA) is 135 Å². The zero-order valence-electron chi connectivity index (χ0n) is 22.1. The molecule has 5 N–H and O–H groups in total. The summed E-state index contributed by atoms with van der Waals surface area (Å²) in [6, 6.07) is 6.43.